The van der Waals surface area contributed by atoms with Crippen LogP contribution in [0, 0.1) is 40.4 Å². The van der Waals surface area contributed by atoms with Crippen molar-refractivity contribution >= 4 is 11.9 Å². The molecule has 0 aliphatic heterocycles. The van der Waals surface area contributed by atoms with Crippen molar-refractivity contribution in [1.29, 1.82) is 0 Å². The van der Waals surface area contributed by atoms with Gasteiger partial charge in [0.2, 0.25) is 0 Å². The molecule has 0 unspecified atom stereocenters. The van der Waals surface area contributed by atoms with Crippen LogP contribution in [0.1, 0.15) is 51.9 Å². The summed E-state index contributed by atoms with van der Waals surface area (Å²) in [6.07, 6.45) is 6.95. The van der Waals surface area contributed by atoms with Crippen LogP contribution in [0.5, 0.6) is 0 Å². The average molecular weight is 346 g/mol. The molecule has 4 nitrogen and oxygen atoms in total. The van der Waals surface area contributed by atoms with E-state index in [4.69, 9.17) is 9.47 Å². The molecule has 138 valence electrons. The molecule has 0 aromatic carbocycles. The fourth-order valence-electron chi connectivity index (χ4n) is 7.73. The van der Waals surface area contributed by atoms with Crippen molar-refractivity contribution in [1.82, 2.24) is 0 Å². The van der Waals surface area contributed by atoms with Crippen LogP contribution in [0.15, 0.2) is 12.2 Å². The number of hydrogen-bond acceptors (Lipinski definition) is 4. The summed E-state index contributed by atoms with van der Waals surface area (Å²) in [5.41, 5.74) is 0.619. The summed E-state index contributed by atoms with van der Waals surface area (Å²) in [4.78, 5) is 26.2. The van der Waals surface area contributed by atoms with Crippen molar-refractivity contribution in [3.8, 4) is 0 Å². The number of fused-ring (bicyclic) bond motifs is 3. The quantitative estimate of drug-likeness (QED) is 0.564. The number of rotatable bonds is 2. The Morgan fingerprint density at radius 3 is 2.60 bits per heavy atom. The molecule has 2 bridgehead atoms. The van der Waals surface area contributed by atoms with E-state index in [2.05, 4.69) is 13.5 Å². The van der Waals surface area contributed by atoms with Crippen LogP contribution in [0.25, 0.3) is 0 Å². The summed E-state index contributed by atoms with van der Waals surface area (Å²) in [5.74, 6) is 0.702. The van der Waals surface area contributed by atoms with Crippen LogP contribution in [-0.2, 0) is 19.1 Å². The number of allylic oxidation sites excluding steroid dienone is 1. The zero-order valence-electron chi connectivity index (χ0n) is 15.7. The molecule has 4 fully saturated rings. The van der Waals surface area contributed by atoms with E-state index >= 15 is 0 Å². The zero-order valence-corrected chi connectivity index (χ0v) is 15.7. The van der Waals surface area contributed by atoms with Gasteiger partial charge in [0.1, 0.15) is 0 Å². The Balaban J connectivity index is 1.93. The van der Waals surface area contributed by atoms with E-state index in [-0.39, 0.29) is 35.1 Å². The van der Waals surface area contributed by atoms with E-state index in [1.54, 1.807) is 0 Å². The van der Waals surface area contributed by atoms with E-state index < -0.39 is 5.41 Å². The minimum atomic E-state index is -0.513. The minimum Gasteiger partial charge on any atom is -0.469 e. The third-order valence-corrected chi connectivity index (χ3v) is 8.34. The molecule has 4 heteroatoms. The van der Waals surface area contributed by atoms with Gasteiger partial charge in [0.15, 0.2) is 0 Å². The van der Waals surface area contributed by atoms with Crippen molar-refractivity contribution in [2.75, 3.05) is 14.2 Å². The molecule has 4 aliphatic rings. The Kier molecular flexibility index (Phi) is 3.82. The second kappa shape index (κ2) is 5.59. The predicted molar refractivity (Wildman–Crippen MR) is 93.5 cm³/mol. The van der Waals surface area contributed by atoms with Crippen LogP contribution in [0.3, 0.4) is 0 Å². The summed E-state index contributed by atoms with van der Waals surface area (Å²) in [6, 6.07) is 0. The van der Waals surface area contributed by atoms with Crippen molar-refractivity contribution in [3.05, 3.63) is 12.2 Å². The van der Waals surface area contributed by atoms with E-state index in [0.717, 1.165) is 44.9 Å². The smallest absolute Gasteiger partial charge is 0.312 e. The van der Waals surface area contributed by atoms with Crippen LogP contribution < -0.4 is 0 Å². The Labute approximate surface area is 150 Å². The Bertz CT molecular complexity index is 625. The maximum atomic E-state index is 13.2. The number of carbonyl (C=O) groups is 2. The number of carbonyl (C=O) groups excluding carboxylic acids is 2. The van der Waals surface area contributed by atoms with Gasteiger partial charge in [-0.15, -0.1) is 0 Å². The van der Waals surface area contributed by atoms with Crippen molar-refractivity contribution in [3.63, 3.8) is 0 Å². The van der Waals surface area contributed by atoms with E-state index in [0.29, 0.717) is 11.8 Å². The maximum Gasteiger partial charge on any atom is 0.312 e. The van der Waals surface area contributed by atoms with E-state index in [1.807, 2.05) is 0 Å². The SMILES string of the molecule is C=C1C[C@]23C[C@H]1CC[C@H]2[C@]1(C(=O)OC)CCC[C@H](C)[C@H]1[C@@H]3C(=O)OC. The van der Waals surface area contributed by atoms with Crippen molar-refractivity contribution in [2.45, 2.75) is 51.9 Å². The van der Waals surface area contributed by atoms with Gasteiger partial charge >= 0.3 is 11.9 Å². The van der Waals surface area contributed by atoms with Gasteiger partial charge in [0, 0.05) is 0 Å². The molecule has 0 N–H and O–H groups in total. The Hall–Kier alpha value is -1.32. The fourth-order valence-corrected chi connectivity index (χ4v) is 7.73. The second-order valence-electron chi connectivity index (χ2n) is 9.03. The molecule has 0 amide bonds. The second-order valence-corrected chi connectivity index (χ2v) is 9.03. The van der Waals surface area contributed by atoms with Crippen LogP contribution in [-0.4, -0.2) is 26.2 Å². The monoisotopic (exact) mass is 346 g/mol. The fraction of sp³-hybridized carbons (Fsp3) is 0.810. The van der Waals surface area contributed by atoms with Gasteiger partial charge in [-0.3, -0.25) is 9.59 Å². The van der Waals surface area contributed by atoms with Gasteiger partial charge < -0.3 is 9.47 Å². The van der Waals surface area contributed by atoms with Crippen molar-refractivity contribution in [2.24, 2.45) is 40.4 Å². The number of esters is 2. The van der Waals surface area contributed by atoms with Gasteiger partial charge in [0.25, 0.3) is 0 Å². The summed E-state index contributed by atoms with van der Waals surface area (Å²) >= 11 is 0. The summed E-state index contributed by atoms with van der Waals surface area (Å²) in [6.45, 7) is 6.54. The highest BCUT2D eigenvalue weighted by Crippen LogP contribution is 2.76. The highest BCUT2D eigenvalue weighted by molar-refractivity contribution is 5.83. The lowest BCUT2D eigenvalue weighted by Gasteiger charge is -2.46. The van der Waals surface area contributed by atoms with E-state index in [9.17, 15) is 9.59 Å². The topological polar surface area (TPSA) is 52.6 Å². The summed E-state index contributed by atoms with van der Waals surface area (Å²) in [7, 11) is 2.99. The van der Waals surface area contributed by atoms with Crippen LogP contribution in [0.4, 0.5) is 0 Å². The first-order chi connectivity index (χ1) is 11.9. The largest absolute Gasteiger partial charge is 0.469 e. The molecule has 4 saturated carbocycles. The molecule has 0 radical (unpaired) electrons. The third kappa shape index (κ3) is 1.94. The van der Waals surface area contributed by atoms with Gasteiger partial charge in [0.05, 0.1) is 25.6 Å². The zero-order chi connectivity index (χ0) is 18.0. The molecule has 4 aliphatic carbocycles. The van der Waals surface area contributed by atoms with Gasteiger partial charge in [-0.05, 0) is 61.2 Å². The molecule has 0 heterocycles. The molecule has 25 heavy (non-hydrogen) atoms. The first-order valence-corrected chi connectivity index (χ1v) is 9.76. The molecule has 0 aromatic heterocycles. The minimum absolute atomic E-state index is 0.0378. The molecular weight excluding hydrogens is 316 g/mol. The van der Waals surface area contributed by atoms with Crippen molar-refractivity contribution < 1.29 is 19.1 Å². The standard InChI is InChI=1S/C21H30O4/c1-12-6-5-9-21(19(23)25-4)15-8-7-14-11-20(15,10-13(14)2)17(16(12)21)18(22)24-3/h12,14-17H,2,5-11H2,1,3-4H3/t12-,14+,15+,16-,17+,20-,21+/m0/s1. The molecular formula is C21H30O4. The summed E-state index contributed by atoms with van der Waals surface area (Å²) < 4.78 is 10.7. The molecule has 4 rings (SSSR count). The molecule has 0 aromatic rings. The van der Waals surface area contributed by atoms with Gasteiger partial charge in [-0.2, -0.15) is 0 Å². The first-order valence-electron chi connectivity index (χ1n) is 9.76. The van der Waals surface area contributed by atoms with Crippen LogP contribution >= 0.6 is 0 Å². The number of hydrogen-bond donors (Lipinski definition) is 0. The molecule has 1 spiro atoms. The highest BCUT2D eigenvalue weighted by Gasteiger charge is 2.75. The first kappa shape index (κ1) is 17.1. The van der Waals surface area contributed by atoms with Gasteiger partial charge in [-0.25, -0.2) is 0 Å². The number of methoxy groups -OCH3 is 2. The maximum absolute atomic E-state index is 13.2. The lowest BCUT2D eigenvalue weighted by molar-refractivity contribution is -0.166. The third-order valence-electron chi connectivity index (χ3n) is 8.34. The van der Waals surface area contributed by atoms with Gasteiger partial charge in [-0.1, -0.05) is 31.9 Å². The normalized spacial score (nSPS) is 47.8. The van der Waals surface area contributed by atoms with Crippen LogP contribution in [0.2, 0.25) is 0 Å². The molecule has 7 atom stereocenters. The Morgan fingerprint density at radius 1 is 1.16 bits per heavy atom. The lowest BCUT2D eigenvalue weighted by atomic mass is 9.57. The summed E-state index contributed by atoms with van der Waals surface area (Å²) in [5, 5.41) is 0. The predicted octanol–water partition coefficient (Wildman–Crippen LogP) is 3.75. The average Bonchev–Trinajstić information content (AvgIpc) is 3.02. The number of ether oxygens (including phenoxy) is 2. The lowest BCUT2D eigenvalue weighted by Crippen LogP contribution is -2.48. The highest BCUT2D eigenvalue weighted by atomic mass is 16.5. The molecule has 0 saturated heterocycles. The van der Waals surface area contributed by atoms with E-state index in [1.165, 1.54) is 19.8 Å². The Morgan fingerprint density at radius 2 is 1.92 bits per heavy atom.